The molecule has 1 aliphatic carbocycles. The number of rotatable bonds is 10. The van der Waals surface area contributed by atoms with Crippen LogP contribution < -0.4 is 10.1 Å². The predicted octanol–water partition coefficient (Wildman–Crippen LogP) is 5.62. The van der Waals surface area contributed by atoms with Gasteiger partial charge >= 0.3 is 5.97 Å². The van der Waals surface area contributed by atoms with Gasteiger partial charge in [0.05, 0.1) is 18.0 Å². The molecule has 2 aromatic heterocycles. The molecule has 0 spiro atoms. The summed E-state index contributed by atoms with van der Waals surface area (Å²) in [7, 11) is 4.00. The Morgan fingerprint density at radius 2 is 1.77 bits per heavy atom. The number of benzene rings is 1. The summed E-state index contributed by atoms with van der Waals surface area (Å²) in [6.45, 7) is 3.32. The Labute approximate surface area is 234 Å². The van der Waals surface area contributed by atoms with Gasteiger partial charge in [0.15, 0.2) is 0 Å². The highest BCUT2D eigenvalue weighted by molar-refractivity contribution is 6.31. The SMILES string of the molecule is Cc1ccccc1-c1ccc(C(=O)NC2(C(=O)O)CCCCC2)nc1-c1ccc(Cl)c(OCCCN(C)C)n1. The van der Waals surface area contributed by atoms with Crippen LogP contribution in [0.5, 0.6) is 5.88 Å². The van der Waals surface area contributed by atoms with Crippen LogP contribution >= 0.6 is 11.6 Å². The van der Waals surface area contributed by atoms with E-state index in [9.17, 15) is 14.7 Å². The van der Waals surface area contributed by atoms with Crippen LogP contribution in [0.25, 0.3) is 22.5 Å². The van der Waals surface area contributed by atoms with E-state index in [0.29, 0.717) is 41.7 Å². The normalized spacial score (nSPS) is 14.7. The first-order chi connectivity index (χ1) is 18.7. The van der Waals surface area contributed by atoms with Gasteiger partial charge in [-0.15, -0.1) is 0 Å². The third-order valence-electron chi connectivity index (χ3n) is 7.08. The number of nitrogens with one attached hydrogen (secondary N) is 1. The smallest absolute Gasteiger partial charge is 0.329 e. The molecule has 0 bridgehead atoms. The molecule has 8 nitrogen and oxygen atoms in total. The summed E-state index contributed by atoms with van der Waals surface area (Å²) in [5.41, 5.74) is 2.62. The fourth-order valence-electron chi connectivity index (χ4n) is 4.91. The molecule has 3 aromatic rings. The van der Waals surface area contributed by atoms with Crippen molar-refractivity contribution in [1.82, 2.24) is 20.2 Å². The summed E-state index contributed by atoms with van der Waals surface area (Å²) in [4.78, 5) is 37.0. The number of aryl methyl sites for hydroxylation is 1. The molecule has 9 heteroatoms. The van der Waals surface area contributed by atoms with Crippen molar-refractivity contribution in [1.29, 1.82) is 0 Å². The van der Waals surface area contributed by atoms with Crippen molar-refractivity contribution in [3.05, 3.63) is 64.8 Å². The first-order valence-corrected chi connectivity index (χ1v) is 13.7. The van der Waals surface area contributed by atoms with Crippen molar-refractivity contribution in [2.45, 2.75) is 51.0 Å². The molecule has 0 unspecified atom stereocenters. The van der Waals surface area contributed by atoms with Crippen molar-refractivity contribution in [2.24, 2.45) is 0 Å². The molecule has 1 aromatic carbocycles. The van der Waals surface area contributed by atoms with Crippen LogP contribution in [0.3, 0.4) is 0 Å². The van der Waals surface area contributed by atoms with Gasteiger partial charge in [0.25, 0.3) is 5.91 Å². The van der Waals surface area contributed by atoms with Gasteiger partial charge in [0.2, 0.25) is 5.88 Å². The minimum absolute atomic E-state index is 0.124. The molecule has 206 valence electrons. The first-order valence-electron chi connectivity index (χ1n) is 13.3. The number of hydrogen-bond donors (Lipinski definition) is 2. The number of halogens is 1. The van der Waals surface area contributed by atoms with E-state index in [0.717, 1.165) is 48.9 Å². The second-order valence-corrected chi connectivity index (χ2v) is 10.7. The monoisotopic (exact) mass is 550 g/mol. The third kappa shape index (κ3) is 6.75. The molecule has 0 radical (unpaired) electrons. The van der Waals surface area contributed by atoms with Crippen molar-refractivity contribution in [3.8, 4) is 28.4 Å². The second kappa shape index (κ2) is 12.6. The number of hydrogen-bond acceptors (Lipinski definition) is 6. The molecule has 2 N–H and O–H groups in total. The van der Waals surface area contributed by atoms with Crippen molar-refractivity contribution in [2.75, 3.05) is 27.2 Å². The van der Waals surface area contributed by atoms with Gasteiger partial charge in [-0.25, -0.2) is 14.8 Å². The largest absolute Gasteiger partial charge is 0.480 e. The minimum atomic E-state index is -1.28. The van der Waals surface area contributed by atoms with Crippen LogP contribution in [-0.4, -0.2) is 64.6 Å². The number of aromatic nitrogens is 2. The van der Waals surface area contributed by atoms with E-state index in [-0.39, 0.29) is 5.69 Å². The quantitative estimate of drug-likeness (QED) is 0.316. The van der Waals surface area contributed by atoms with E-state index in [4.69, 9.17) is 21.3 Å². The Morgan fingerprint density at radius 1 is 1.03 bits per heavy atom. The van der Waals surface area contributed by atoms with Gasteiger partial charge in [-0.05, 0) is 75.7 Å². The zero-order valence-electron chi connectivity index (χ0n) is 22.7. The van der Waals surface area contributed by atoms with Crippen molar-refractivity contribution in [3.63, 3.8) is 0 Å². The molecule has 1 aliphatic rings. The molecule has 1 amide bonds. The van der Waals surface area contributed by atoms with Gasteiger partial charge in [-0.3, -0.25) is 4.79 Å². The van der Waals surface area contributed by atoms with Gasteiger partial charge in [0, 0.05) is 12.1 Å². The number of amides is 1. The average Bonchev–Trinajstić information content (AvgIpc) is 2.92. The van der Waals surface area contributed by atoms with E-state index in [1.165, 1.54) is 0 Å². The van der Waals surface area contributed by atoms with Crippen LogP contribution in [0, 0.1) is 6.92 Å². The lowest BCUT2D eigenvalue weighted by Crippen LogP contribution is -2.55. The maximum atomic E-state index is 13.4. The number of ether oxygens (including phenoxy) is 1. The zero-order chi connectivity index (χ0) is 28.0. The summed E-state index contributed by atoms with van der Waals surface area (Å²) in [6, 6.07) is 14.8. The fourth-order valence-corrected chi connectivity index (χ4v) is 5.07. The van der Waals surface area contributed by atoms with E-state index >= 15 is 0 Å². The van der Waals surface area contributed by atoms with E-state index in [2.05, 4.69) is 15.2 Å². The summed E-state index contributed by atoms with van der Waals surface area (Å²) < 4.78 is 5.89. The standard InChI is InChI=1S/C30H35ClN4O4/c1-20-10-5-6-11-21(20)22-12-14-25(27(36)34-30(29(37)38)16-7-4-8-17-30)32-26(22)24-15-13-23(31)28(33-24)39-19-9-18-35(2)3/h5-6,10-15H,4,7-9,16-19H2,1-3H3,(H,34,36)(H,37,38). The lowest BCUT2D eigenvalue weighted by atomic mass is 9.81. The summed E-state index contributed by atoms with van der Waals surface area (Å²) >= 11 is 6.40. The number of carboxylic acids is 1. The second-order valence-electron chi connectivity index (χ2n) is 10.3. The fraction of sp³-hybridized carbons (Fsp3) is 0.400. The van der Waals surface area contributed by atoms with Crippen LogP contribution in [0.2, 0.25) is 5.02 Å². The minimum Gasteiger partial charge on any atom is -0.480 e. The number of carbonyl (C=O) groups is 2. The molecule has 4 rings (SSSR count). The average molecular weight is 551 g/mol. The number of nitrogens with zero attached hydrogens (tertiary/aromatic N) is 3. The highest BCUT2D eigenvalue weighted by atomic mass is 35.5. The Kier molecular flexibility index (Phi) is 9.20. The lowest BCUT2D eigenvalue weighted by molar-refractivity contribution is -0.145. The Morgan fingerprint density at radius 3 is 2.46 bits per heavy atom. The number of carbonyl (C=O) groups excluding carboxylic acids is 1. The van der Waals surface area contributed by atoms with Crippen LogP contribution in [0.1, 0.15) is 54.6 Å². The zero-order valence-corrected chi connectivity index (χ0v) is 23.4. The number of carboxylic acid groups (broad SMARTS) is 1. The van der Waals surface area contributed by atoms with Gasteiger partial charge in [-0.2, -0.15) is 0 Å². The van der Waals surface area contributed by atoms with Crippen LogP contribution in [0.4, 0.5) is 0 Å². The van der Waals surface area contributed by atoms with Crippen molar-refractivity contribution < 1.29 is 19.4 Å². The van der Waals surface area contributed by atoms with Crippen LogP contribution in [-0.2, 0) is 4.79 Å². The van der Waals surface area contributed by atoms with Gasteiger partial charge in [0.1, 0.15) is 16.3 Å². The molecule has 2 heterocycles. The van der Waals surface area contributed by atoms with E-state index < -0.39 is 17.4 Å². The van der Waals surface area contributed by atoms with E-state index in [1.807, 2.05) is 51.4 Å². The summed E-state index contributed by atoms with van der Waals surface area (Å²) in [5.74, 6) is -1.24. The molecule has 39 heavy (non-hydrogen) atoms. The van der Waals surface area contributed by atoms with Crippen molar-refractivity contribution >= 4 is 23.5 Å². The maximum Gasteiger partial charge on any atom is 0.329 e. The molecule has 1 fully saturated rings. The Hall–Kier alpha value is -3.49. The Bertz CT molecular complexity index is 1340. The molecular formula is C30H35ClN4O4. The van der Waals surface area contributed by atoms with E-state index in [1.54, 1.807) is 18.2 Å². The highest BCUT2D eigenvalue weighted by Gasteiger charge is 2.41. The summed E-state index contributed by atoms with van der Waals surface area (Å²) in [5, 5.41) is 13.1. The molecular weight excluding hydrogens is 516 g/mol. The Balaban J connectivity index is 1.73. The number of pyridine rings is 2. The molecule has 0 saturated heterocycles. The van der Waals surface area contributed by atoms with Gasteiger partial charge in [-0.1, -0.05) is 55.1 Å². The highest BCUT2D eigenvalue weighted by Crippen LogP contribution is 2.35. The first kappa shape index (κ1) is 28.5. The molecule has 0 atom stereocenters. The lowest BCUT2D eigenvalue weighted by Gasteiger charge is -2.33. The maximum absolute atomic E-state index is 13.4. The topological polar surface area (TPSA) is 105 Å². The summed E-state index contributed by atoms with van der Waals surface area (Å²) in [6.07, 6.45) is 4.07. The molecule has 1 saturated carbocycles. The predicted molar refractivity (Wildman–Crippen MR) is 152 cm³/mol. The molecule has 0 aliphatic heterocycles. The van der Waals surface area contributed by atoms with Gasteiger partial charge < -0.3 is 20.1 Å². The van der Waals surface area contributed by atoms with Crippen LogP contribution in [0.15, 0.2) is 48.5 Å². The number of aliphatic carboxylic acids is 1. The third-order valence-corrected chi connectivity index (χ3v) is 7.36.